The number of aldehydes is 1. The second-order valence-electron chi connectivity index (χ2n) is 13.3. The van der Waals surface area contributed by atoms with E-state index >= 15 is 0 Å². The minimum atomic E-state index is -1.78. The predicted molar refractivity (Wildman–Crippen MR) is 186 cm³/mol. The van der Waals surface area contributed by atoms with Crippen molar-refractivity contribution in [3.63, 3.8) is 0 Å². The Bertz CT molecular complexity index is 700. The summed E-state index contributed by atoms with van der Waals surface area (Å²) in [5.74, 6) is -1.26. The van der Waals surface area contributed by atoms with E-state index in [2.05, 4.69) is 13.8 Å². The lowest BCUT2D eigenvalue weighted by Crippen LogP contribution is -2.50. The van der Waals surface area contributed by atoms with Gasteiger partial charge >= 0.3 is 11.9 Å². The molecule has 0 fully saturated rings. The molecule has 0 aliphatic heterocycles. The summed E-state index contributed by atoms with van der Waals surface area (Å²) in [6.07, 6.45) is 24.5. The highest BCUT2D eigenvalue weighted by atomic mass is 16.6. The van der Waals surface area contributed by atoms with Crippen LogP contribution < -0.4 is 0 Å². The fraction of sp³-hybridized carbons (Fsp3) is 0.921. The first-order valence-electron chi connectivity index (χ1n) is 19.2. The Morgan fingerprint density at radius 1 is 0.522 bits per heavy atom. The first-order chi connectivity index (χ1) is 22.4. The molecule has 0 aliphatic rings. The molecular weight excluding hydrogens is 584 g/mol. The summed E-state index contributed by atoms with van der Waals surface area (Å²) in [6, 6.07) is 0. The highest BCUT2D eigenvalue weighted by Crippen LogP contribution is 2.18. The minimum Gasteiger partial charge on any atom is -0.455 e. The van der Waals surface area contributed by atoms with Gasteiger partial charge in [-0.25, -0.2) is 0 Å². The summed E-state index contributed by atoms with van der Waals surface area (Å²) in [4.78, 5) is 36.8. The monoisotopic (exact) mass is 657 g/mol. The third-order valence-electron chi connectivity index (χ3n) is 8.88. The normalized spacial score (nSPS) is 14.0. The van der Waals surface area contributed by atoms with Crippen molar-refractivity contribution in [3.8, 4) is 0 Å². The molecule has 0 bridgehead atoms. The zero-order valence-corrected chi connectivity index (χ0v) is 29.8. The van der Waals surface area contributed by atoms with Gasteiger partial charge in [0.1, 0.15) is 12.2 Å². The first-order valence-corrected chi connectivity index (χ1v) is 19.2. The van der Waals surface area contributed by atoms with Crippen molar-refractivity contribution in [2.45, 2.75) is 218 Å². The number of hydrogen-bond donors (Lipinski definition) is 3. The molecule has 3 N–H and O–H groups in total. The lowest BCUT2D eigenvalue weighted by molar-refractivity contribution is -0.185. The van der Waals surface area contributed by atoms with Gasteiger partial charge in [-0.2, -0.15) is 0 Å². The number of carbonyl (C=O) groups is 3. The van der Waals surface area contributed by atoms with E-state index in [1.807, 2.05) is 0 Å². The quantitative estimate of drug-likeness (QED) is 0.0351. The van der Waals surface area contributed by atoms with Crippen LogP contribution in [-0.4, -0.2) is 64.6 Å². The molecule has 8 nitrogen and oxygen atoms in total. The summed E-state index contributed by atoms with van der Waals surface area (Å²) >= 11 is 0. The summed E-state index contributed by atoms with van der Waals surface area (Å²) in [7, 11) is 0. The van der Waals surface area contributed by atoms with Gasteiger partial charge in [0.15, 0.2) is 18.5 Å². The molecule has 0 aromatic heterocycles. The third-order valence-corrected chi connectivity index (χ3v) is 8.88. The van der Waals surface area contributed by atoms with E-state index < -0.39 is 43.0 Å². The van der Waals surface area contributed by atoms with Crippen LogP contribution >= 0.6 is 0 Å². The number of carbonyl (C=O) groups excluding carboxylic acids is 3. The molecule has 0 aromatic rings. The van der Waals surface area contributed by atoms with Crippen molar-refractivity contribution in [2.75, 3.05) is 6.61 Å². The molecule has 0 aliphatic carbocycles. The summed E-state index contributed by atoms with van der Waals surface area (Å²) in [6.45, 7) is 3.67. The van der Waals surface area contributed by atoms with Crippen molar-refractivity contribution in [2.24, 2.45) is 0 Å². The number of aliphatic hydroxyl groups excluding tert-OH is 3. The molecule has 0 radical (unpaired) electrons. The Kier molecular flexibility index (Phi) is 32.3. The van der Waals surface area contributed by atoms with Crippen LogP contribution in [0.3, 0.4) is 0 Å². The highest BCUT2D eigenvalue weighted by molar-refractivity contribution is 5.74. The Morgan fingerprint density at radius 3 is 1.13 bits per heavy atom. The zero-order chi connectivity index (χ0) is 34.1. The largest absolute Gasteiger partial charge is 0.455 e. The molecule has 0 spiro atoms. The lowest BCUT2D eigenvalue weighted by Gasteiger charge is -2.29. The average Bonchev–Trinajstić information content (AvgIpc) is 3.06. The fourth-order valence-corrected chi connectivity index (χ4v) is 5.83. The van der Waals surface area contributed by atoms with E-state index in [0.717, 1.165) is 38.5 Å². The van der Waals surface area contributed by atoms with E-state index in [4.69, 9.17) is 9.47 Å². The second-order valence-corrected chi connectivity index (χ2v) is 13.3. The van der Waals surface area contributed by atoms with Gasteiger partial charge in [0.2, 0.25) is 0 Å². The van der Waals surface area contributed by atoms with Gasteiger partial charge in [-0.15, -0.1) is 0 Å². The van der Waals surface area contributed by atoms with Crippen molar-refractivity contribution < 1.29 is 39.2 Å². The van der Waals surface area contributed by atoms with Crippen molar-refractivity contribution in [1.29, 1.82) is 0 Å². The van der Waals surface area contributed by atoms with Gasteiger partial charge in [0, 0.05) is 12.8 Å². The number of esters is 2. The molecule has 0 unspecified atom stereocenters. The maximum atomic E-state index is 12.6. The predicted octanol–water partition coefficient (Wildman–Crippen LogP) is 8.69. The molecule has 0 saturated carbocycles. The Morgan fingerprint density at radius 2 is 0.826 bits per heavy atom. The number of rotatable bonds is 35. The topological polar surface area (TPSA) is 130 Å². The summed E-state index contributed by atoms with van der Waals surface area (Å²) in [5, 5.41) is 29.8. The third kappa shape index (κ3) is 26.5. The maximum absolute atomic E-state index is 12.6. The van der Waals surface area contributed by atoms with Gasteiger partial charge in [-0.1, -0.05) is 168 Å². The smallest absolute Gasteiger partial charge is 0.306 e. The van der Waals surface area contributed by atoms with Gasteiger partial charge < -0.3 is 24.8 Å². The standard InChI is InChI=1S/C38H72O8/c1-3-5-7-9-11-13-15-17-19-21-23-25-27-29-35(42)45-34(32-40)38(37(44)33(41)31-39)46-36(43)30-28-26-24-22-20-18-16-14-12-10-8-6-4-2/h32-34,37-39,41,44H,3-31H2,1-2H3/t33-,34+,37-,38-/m1/s1. The molecule has 8 heteroatoms. The summed E-state index contributed by atoms with van der Waals surface area (Å²) in [5.41, 5.74) is 0. The Balaban J connectivity index is 4.27. The van der Waals surface area contributed by atoms with Gasteiger partial charge in [0.05, 0.1) is 6.61 Å². The van der Waals surface area contributed by atoms with Crippen molar-refractivity contribution in [3.05, 3.63) is 0 Å². The molecule has 0 amide bonds. The SMILES string of the molecule is CCCCCCCCCCCCCCCC(=O)O[C@@H]([C@H](O)[C@H](O)CO)[C@H](C=O)OC(=O)CCCCCCCCCCCCCCC. The second kappa shape index (κ2) is 33.4. The fourth-order valence-electron chi connectivity index (χ4n) is 5.83. The molecule has 0 heterocycles. The molecule has 0 saturated heterocycles. The molecule has 0 aromatic carbocycles. The van der Waals surface area contributed by atoms with E-state index in [0.29, 0.717) is 19.1 Å². The van der Waals surface area contributed by atoms with Crippen LogP contribution in [0.4, 0.5) is 0 Å². The minimum absolute atomic E-state index is 0.0919. The van der Waals surface area contributed by atoms with Crippen LogP contribution in [0.2, 0.25) is 0 Å². The van der Waals surface area contributed by atoms with E-state index in [1.165, 1.54) is 116 Å². The molecular formula is C38H72O8. The van der Waals surface area contributed by atoms with Crippen LogP contribution in [0.25, 0.3) is 0 Å². The molecule has 4 atom stereocenters. The number of hydrogen-bond acceptors (Lipinski definition) is 8. The van der Waals surface area contributed by atoms with Gasteiger partial charge in [0.25, 0.3) is 0 Å². The van der Waals surface area contributed by atoms with Crippen LogP contribution in [0.15, 0.2) is 0 Å². The highest BCUT2D eigenvalue weighted by Gasteiger charge is 2.38. The van der Waals surface area contributed by atoms with E-state index in [-0.39, 0.29) is 12.8 Å². The van der Waals surface area contributed by atoms with Crippen LogP contribution in [-0.2, 0) is 23.9 Å². The van der Waals surface area contributed by atoms with E-state index in [1.54, 1.807) is 0 Å². The molecule has 46 heavy (non-hydrogen) atoms. The number of ether oxygens (including phenoxy) is 2. The Labute approximate surface area is 281 Å². The molecule has 0 rings (SSSR count). The first kappa shape index (κ1) is 44.5. The van der Waals surface area contributed by atoms with Crippen LogP contribution in [0, 0.1) is 0 Å². The van der Waals surface area contributed by atoms with Crippen molar-refractivity contribution in [1.82, 2.24) is 0 Å². The van der Waals surface area contributed by atoms with Crippen molar-refractivity contribution >= 4 is 18.2 Å². The maximum Gasteiger partial charge on any atom is 0.306 e. The number of aliphatic hydroxyl groups is 3. The van der Waals surface area contributed by atoms with Crippen LogP contribution in [0.1, 0.15) is 194 Å². The lowest BCUT2D eigenvalue weighted by atomic mass is 10.0. The summed E-state index contributed by atoms with van der Waals surface area (Å²) < 4.78 is 10.6. The van der Waals surface area contributed by atoms with Crippen LogP contribution in [0.5, 0.6) is 0 Å². The Hall–Kier alpha value is -1.51. The molecule has 272 valence electrons. The number of unbranched alkanes of at least 4 members (excludes halogenated alkanes) is 24. The van der Waals surface area contributed by atoms with Gasteiger partial charge in [-0.3, -0.25) is 14.4 Å². The average molecular weight is 657 g/mol. The van der Waals surface area contributed by atoms with Gasteiger partial charge in [-0.05, 0) is 12.8 Å². The zero-order valence-electron chi connectivity index (χ0n) is 29.8. The van der Waals surface area contributed by atoms with E-state index in [9.17, 15) is 29.7 Å².